The minimum atomic E-state index is -0.0762. The summed E-state index contributed by atoms with van der Waals surface area (Å²) >= 11 is 3.44. The van der Waals surface area contributed by atoms with Gasteiger partial charge in [0.05, 0.1) is 10.6 Å². The molecule has 0 aliphatic heterocycles. The van der Waals surface area contributed by atoms with Crippen LogP contribution < -0.4 is 10.1 Å². The van der Waals surface area contributed by atoms with Crippen LogP contribution in [0.5, 0.6) is 5.75 Å². The van der Waals surface area contributed by atoms with E-state index in [1.807, 2.05) is 38.1 Å². The van der Waals surface area contributed by atoms with Crippen molar-refractivity contribution in [2.75, 3.05) is 6.54 Å². The predicted octanol–water partition coefficient (Wildman–Crippen LogP) is 4.21. The Balaban J connectivity index is 1.91. The van der Waals surface area contributed by atoms with Crippen molar-refractivity contribution in [2.45, 2.75) is 26.4 Å². The molecular weight excluding hydrogens is 342 g/mol. The fourth-order valence-corrected chi connectivity index (χ4v) is 2.53. The molecule has 22 heavy (non-hydrogen) atoms. The lowest BCUT2D eigenvalue weighted by Gasteiger charge is -2.12. The molecule has 3 nitrogen and oxygen atoms in total. The summed E-state index contributed by atoms with van der Waals surface area (Å²) in [6.45, 7) is 4.55. The molecule has 1 amide bonds. The van der Waals surface area contributed by atoms with Gasteiger partial charge in [-0.1, -0.05) is 30.3 Å². The van der Waals surface area contributed by atoms with Crippen molar-refractivity contribution in [1.82, 2.24) is 5.32 Å². The molecule has 0 aliphatic rings. The van der Waals surface area contributed by atoms with Gasteiger partial charge >= 0.3 is 0 Å². The van der Waals surface area contributed by atoms with Crippen LogP contribution in [0.1, 0.15) is 29.8 Å². The zero-order valence-corrected chi connectivity index (χ0v) is 14.4. The van der Waals surface area contributed by atoms with Gasteiger partial charge in [-0.2, -0.15) is 0 Å². The number of hydrogen-bond acceptors (Lipinski definition) is 2. The van der Waals surface area contributed by atoms with Gasteiger partial charge in [0.25, 0.3) is 5.91 Å². The number of ether oxygens (including phenoxy) is 1. The number of benzene rings is 2. The summed E-state index contributed by atoms with van der Waals surface area (Å²) in [7, 11) is 0. The highest BCUT2D eigenvalue weighted by Crippen LogP contribution is 2.26. The summed E-state index contributed by atoms with van der Waals surface area (Å²) in [6.07, 6.45) is 0.921. The highest BCUT2D eigenvalue weighted by atomic mass is 79.9. The van der Waals surface area contributed by atoms with E-state index < -0.39 is 0 Å². The Morgan fingerprint density at radius 1 is 1.18 bits per heavy atom. The molecule has 0 fully saturated rings. The summed E-state index contributed by atoms with van der Waals surface area (Å²) in [5, 5.41) is 2.93. The third-order valence-electron chi connectivity index (χ3n) is 3.10. The van der Waals surface area contributed by atoms with E-state index in [1.165, 1.54) is 5.56 Å². The number of amides is 1. The fourth-order valence-electron chi connectivity index (χ4n) is 2.06. The highest BCUT2D eigenvalue weighted by molar-refractivity contribution is 9.10. The first-order chi connectivity index (χ1) is 10.6. The summed E-state index contributed by atoms with van der Waals surface area (Å²) in [4.78, 5) is 12.1. The third-order valence-corrected chi connectivity index (χ3v) is 3.72. The standard InChI is InChI=1S/C18H20BrNO2/c1-13(2)22-17-9-8-15(12-16(17)19)18(21)20-11-10-14-6-4-3-5-7-14/h3-9,12-13H,10-11H2,1-2H3,(H,20,21). The van der Waals surface area contributed by atoms with Gasteiger partial charge in [-0.3, -0.25) is 4.79 Å². The van der Waals surface area contributed by atoms with E-state index in [1.54, 1.807) is 12.1 Å². The van der Waals surface area contributed by atoms with Gasteiger partial charge < -0.3 is 10.1 Å². The SMILES string of the molecule is CC(C)Oc1ccc(C(=O)NCCc2ccccc2)cc1Br. The van der Waals surface area contributed by atoms with E-state index in [0.717, 1.165) is 16.6 Å². The van der Waals surface area contributed by atoms with Gasteiger partial charge in [0.2, 0.25) is 0 Å². The average molecular weight is 362 g/mol. The van der Waals surface area contributed by atoms with Crippen LogP contribution >= 0.6 is 15.9 Å². The summed E-state index contributed by atoms with van der Waals surface area (Å²) < 4.78 is 6.43. The third kappa shape index (κ3) is 4.88. The number of rotatable bonds is 6. The molecule has 0 saturated heterocycles. The Bertz CT molecular complexity index is 626. The maximum atomic E-state index is 12.1. The van der Waals surface area contributed by atoms with E-state index in [4.69, 9.17) is 4.74 Å². The maximum Gasteiger partial charge on any atom is 0.251 e. The van der Waals surface area contributed by atoms with Crippen molar-refractivity contribution in [1.29, 1.82) is 0 Å². The molecule has 0 heterocycles. The first-order valence-electron chi connectivity index (χ1n) is 7.34. The minimum Gasteiger partial charge on any atom is -0.490 e. The number of nitrogens with one attached hydrogen (secondary N) is 1. The molecule has 0 spiro atoms. The monoisotopic (exact) mass is 361 g/mol. The van der Waals surface area contributed by atoms with Crippen LogP contribution in [0, 0.1) is 0 Å². The largest absolute Gasteiger partial charge is 0.490 e. The van der Waals surface area contributed by atoms with Crippen LogP contribution in [0.15, 0.2) is 53.0 Å². The summed E-state index contributed by atoms with van der Waals surface area (Å²) in [5.74, 6) is 0.670. The molecule has 4 heteroatoms. The van der Waals surface area contributed by atoms with Gasteiger partial charge in [-0.25, -0.2) is 0 Å². The summed E-state index contributed by atoms with van der Waals surface area (Å²) in [5.41, 5.74) is 1.83. The van der Waals surface area contributed by atoms with Crippen LogP contribution in [-0.4, -0.2) is 18.6 Å². The van der Waals surface area contributed by atoms with Crippen LogP contribution in [0.25, 0.3) is 0 Å². The second-order valence-electron chi connectivity index (χ2n) is 5.30. The molecule has 0 radical (unpaired) electrons. The lowest BCUT2D eigenvalue weighted by molar-refractivity contribution is 0.0954. The van der Waals surface area contributed by atoms with E-state index >= 15 is 0 Å². The van der Waals surface area contributed by atoms with Gasteiger partial charge in [0, 0.05) is 12.1 Å². The van der Waals surface area contributed by atoms with E-state index in [2.05, 4.69) is 33.4 Å². The molecule has 2 aromatic rings. The van der Waals surface area contributed by atoms with E-state index in [0.29, 0.717) is 12.1 Å². The van der Waals surface area contributed by atoms with Crippen LogP contribution in [0.3, 0.4) is 0 Å². The first-order valence-corrected chi connectivity index (χ1v) is 8.14. The number of carbonyl (C=O) groups is 1. The lowest BCUT2D eigenvalue weighted by atomic mass is 10.1. The smallest absolute Gasteiger partial charge is 0.251 e. The van der Waals surface area contributed by atoms with E-state index in [9.17, 15) is 4.79 Å². The van der Waals surface area contributed by atoms with Gasteiger partial charge in [0.1, 0.15) is 5.75 Å². The predicted molar refractivity (Wildman–Crippen MR) is 92.4 cm³/mol. The highest BCUT2D eigenvalue weighted by Gasteiger charge is 2.09. The first kappa shape index (κ1) is 16.6. The van der Waals surface area contributed by atoms with Gasteiger partial charge in [-0.15, -0.1) is 0 Å². The van der Waals surface area contributed by atoms with Crippen molar-refractivity contribution in [2.24, 2.45) is 0 Å². The van der Waals surface area contributed by atoms with Crippen LogP contribution in [-0.2, 0) is 6.42 Å². The minimum absolute atomic E-state index is 0.0762. The fraction of sp³-hybridized carbons (Fsp3) is 0.278. The van der Waals surface area contributed by atoms with Crippen LogP contribution in [0.2, 0.25) is 0 Å². The van der Waals surface area contributed by atoms with E-state index in [-0.39, 0.29) is 12.0 Å². The molecule has 0 aromatic heterocycles. The summed E-state index contributed by atoms with van der Waals surface area (Å²) in [6, 6.07) is 15.5. The molecule has 0 aliphatic carbocycles. The second-order valence-corrected chi connectivity index (χ2v) is 6.16. The molecule has 116 valence electrons. The molecular formula is C18H20BrNO2. The number of hydrogen-bond donors (Lipinski definition) is 1. The Morgan fingerprint density at radius 2 is 1.91 bits per heavy atom. The topological polar surface area (TPSA) is 38.3 Å². The van der Waals surface area contributed by atoms with Crippen molar-refractivity contribution < 1.29 is 9.53 Å². The normalized spacial score (nSPS) is 10.5. The molecule has 0 bridgehead atoms. The lowest BCUT2D eigenvalue weighted by Crippen LogP contribution is -2.25. The van der Waals surface area contributed by atoms with Crippen LogP contribution in [0.4, 0.5) is 0 Å². The number of halogens is 1. The molecule has 2 rings (SSSR count). The number of carbonyl (C=O) groups excluding carboxylic acids is 1. The van der Waals surface area contributed by atoms with Crippen molar-refractivity contribution >= 4 is 21.8 Å². The van der Waals surface area contributed by atoms with Gasteiger partial charge in [0.15, 0.2) is 0 Å². The average Bonchev–Trinajstić information content (AvgIpc) is 2.50. The molecule has 1 N–H and O–H groups in total. The quantitative estimate of drug-likeness (QED) is 0.836. The van der Waals surface area contributed by atoms with Crippen molar-refractivity contribution in [3.05, 3.63) is 64.1 Å². The zero-order valence-electron chi connectivity index (χ0n) is 12.8. The Labute approximate surface area is 139 Å². The maximum absolute atomic E-state index is 12.1. The van der Waals surface area contributed by atoms with Gasteiger partial charge in [-0.05, 0) is 60.0 Å². The molecule has 0 saturated carbocycles. The second kappa shape index (κ2) is 7.99. The van der Waals surface area contributed by atoms with Crippen molar-refractivity contribution in [3.63, 3.8) is 0 Å². The Kier molecular flexibility index (Phi) is 6.01. The Hall–Kier alpha value is -1.81. The Morgan fingerprint density at radius 3 is 2.55 bits per heavy atom. The molecule has 0 atom stereocenters. The zero-order chi connectivity index (χ0) is 15.9. The molecule has 0 unspecified atom stereocenters. The van der Waals surface area contributed by atoms with Crippen molar-refractivity contribution in [3.8, 4) is 5.75 Å². The molecule has 2 aromatic carbocycles.